The van der Waals surface area contributed by atoms with Gasteiger partial charge >= 0.3 is 0 Å². The van der Waals surface area contributed by atoms with Gasteiger partial charge in [0.2, 0.25) is 5.95 Å². The summed E-state index contributed by atoms with van der Waals surface area (Å²) in [4.78, 5) is 27.1. The van der Waals surface area contributed by atoms with Crippen molar-refractivity contribution >= 4 is 45.8 Å². The molecular formula is C25H27N7O3. The van der Waals surface area contributed by atoms with E-state index in [4.69, 9.17) is 14.5 Å². The van der Waals surface area contributed by atoms with Gasteiger partial charge in [-0.3, -0.25) is 4.79 Å². The molecule has 180 valence electrons. The molecule has 1 saturated heterocycles. The summed E-state index contributed by atoms with van der Waals surface area (Å²) < 4.78 is 11.1. The molecule has 10 nitrogen and oxygen atoms in total. The quantitative estimate of drug-likeness (QED) is 0.321. The molecule has 1 amide bonds. The number of aromatic nitrogens is 3. The number of H-pyrrole nitrogens is 1. The van der Waals surface area contributed by atoms with Crippen LogP contribution in [0.25, 0.3) is 11.0 Å². The number of carbonyl (C=O) groups excluding carboxylic acids is 1. The van der Waals surface area contributed by atoms with E-state index in [0.29, 0.717) is 47.6 Å². The number of amides is 1. The molecule has 0 unspecified atom stereocenters. The molecule has 3 heterocycles. The van der Waals surface area contributed by atoms with Crippen LogP contribution in [0.3, 0.4) is 0 Å². The number of ether oxygens (including phenoxy) is 2. The summed E-state index contributed by atoms with van der Waals surface area (Å²) in [5, 5.41) is 10.1. The molecule has 10 heteroatoms. The van der Waals surface area contributed by atoms with Crippen molar-refractivity contribution in [3.05, 3.63) is 60.3 Å². The number of morpholine rings is 1. The molecule has 2 aromatic carbocycles. The molecular weight excluding hydrogens is 446 g/mol. The van der Waals surface area contributed by atoms with E-state index in [-0.39, 0.29) is 5.91 Å². The van der Waals surface area contributed by atoms with Crippen molar-refractivity contribution in [3.8, 4) is 5.75 Å². The Hall–Kier alpha value is -4.31. The second-order valence-electron chi connectivity index (χ2n) is 7.99. The summed E-state index contributed by atoms with van der Waals surface area (Å²) in [7, 11) is 3.25. The van der Waals surface area contributed by atoms with E-state index in [1.807, 2.05) is 42.5 Å². The summed E-state index contributed by atoms with van der Waals surface area (Å²) in [5.41, 5.74) is 3.64. The van der Waals surface area contributed by atoms with Crippen LogP contribution >= 0.6 is 0 Å². The van der Waals surface area contributed by atoms with Crippen LogP contribution in [0.5, 0.6) is 5.75 Å². The first-order valence-electron chi connectivity index (χ1n) is 11.4. The summed E-state index contributed by atoms with van der Waals surface area (Å²) in [6.07, 6.45) is 1.80. The maximum Gasteiger partial charge on any atom is 0.253 e. The molecule has 0 radical (unpaired) electrons. The minimum Gasteiger partial charge on any atom is -0.494 e. The third kappa shape index (κ3) is 4.69. The number of hydrogen-bond acceptors (Lipinski definition) is 8. The molecule has 1 aliphatic heterocycles. The molecule has 0 atom stereocenters. The minimum absolute atomic E-state index is 0.184. The number of anilines is 5. The topological polar surface area (TPSA) is 116 Å². The highest BCUT2D eigenvalue weighted by Crippen LogP contribution is 2.33. The number of nitrogens with one attached hydrogen (secondary N) is 4. The van der Waals surface area contributed by atoms with Gasteiger partial charge in [-0.05, 0) is 30.3 Å². The van der Waals surface area contributed by atoms with E-state index >= 15 is 0 Å². The molecule has 0 saturated carbocycles. The number of para-hydroxylation sites is 1. The van der Waals surface area contributed by atoms with Gasteiger partial charge in [0.05, 0.1) is 42.6 Å². The van der Waals surface area contributed by atoms with Crippen molar-refractivity contribution in [1.29, 1.82) is 0 Å². The van der Waals surface area contributed by atoms with Gasteiger partial charge in [0.15, 0.2) is 0 Å². The van der Waals surface area contributed by atoms with Gasteiger partial charge in [-0.1, -0.05) is 12.1 Å². The van der Waals surface area contributed by atoms with E-state index in [9.17, 15) is 4.79 Å². The summed E-state index contributed by atoms with van der Waals surface area (Å²) >= 11 is 0. The molecule has 35 heavy (non-hydrogen) atoms. The monoisotopic (exact) mass is 473 g/mol. The van der Waals surface area contributed by atoms with Gasteiger partial charge in [-0.2, -0.15) is 9.97 Å². The van der Waals surface area contributed by atoms with Gasteiger partial charge in [-0.15, -0.1) is 0 Å². The normalized spacial score (nSPS) is 13.5. The number of benzene rings is 2. The Labute approximate surface area is 202 Å². The highest BCUT2D eigenvalue weighted by atomic mass is 16.5. The van der Waals surface area contributed by atoms with Crippen molar-refractivity contribution in [2.75, 3.05) is 56.0 Å². The van der Waals surface area contributed by atoms with Crippen LogP contribution in [0.15, 0.2) is 54.7 Å². The number of methoxy groups -OCH3 is 1. The maximum atomic E-state index is 12.3. The molecule has 5 rings (SSSR count). The van der Waals surface area contributed by atoms with E-state index in [0.717, 1.165) is 29.9 Å². The zero-order valence-electron chi connectivity index (χ0n) is 19.6. The fraction of sp³-hybridized carbons (Fsp3) is 0.240. The van der Waals surface area contributed by atoms with Crippen molar-refractivity contribution in [1.82, 2.24) is 20.3 Å². The molecule has 1 aliphatic rings. The lowest BCUT2D eigenvalue weighted by molar-refractivity contribution is 0.0964. The average molecular weight is 474 g/mol. The first-order chi connectivity index (χ1) is 17.2. The lowest BCUT2D eigenvalue weighted by atomic mass is 10.1. The summed E-state index contributed by atoms with van der Waals surface area (Å²) in [5.74, 6) is 1.45. The van der Waals surface area contributed by atoms with Crippen molar-refractivity contribution < 1.29 is 14.3 Å². The van der Waals surface area contributed by atoms with Crippen LogP contribution in [0, 0.1) is 0 Å². The van der Waals surface area contributed by atoms with Crippen LogP contribution in [-0.2, 0) is 4.74 Å². The maximum absolute atomic E-state index is 12.3. The lowest BCUT2D eigenvalue weighted by Gasteiger charge is -2.29. The smallest absolute Gasteiger partial charge is 0.253 e. The fourth-order valence-corrected chi connectivity index (χ4v) is 4.07. The van der Waals surface area contributed by atoms with Gasteiger partial charge in [-0.25, -0.2) is 0 Å². The van der Waals surface area contributed by atoms with E-state index < -0.39 is 0 Å². The van der Waals surface area contributed by atoms with Gasteiger partial charge in [0.25, 0.3) is 5.91 Å². The Balaban J connectivity index is 1.46. The first-order valence-corrected chi connectivity index (χ1v) is 11.4. The predicted octanol–water partition coefficient (Wildman–Crippen LogP) is 3.65. The number of carbonyl (C=O) groups is 1. The number of nitrogens with zero attached hydrogens (tertiary/aromatic N) is 3. The molecule has 0 spiro atoms. The summed E-state index contributed by atoms with van der Waals surface area (Å²) in [6.45, 7) is 3.11. The minimum atomic E-state index is -0.184. The molecule has 4 aromatic rings. The van der Waals surface area contributed by atoms with Gasteiger partial charge in [0, 0.05) is 38.1 Å². The van der Waals surface area contributed by atoms with Crippen molar-refractivity contribution in [2.45, 2.75) is 0 Å². The van der Waals surface area contributed by atoms with Crippen LogP contribution in [0.1, 0.15) is 10.4 Å². The molecule has 2 aromatic heterocycles. The standard InChI is InChI=1S/C25H27N7O3/c1-26-24(33)17-5-3-4-6-19(17)28-23-18-9-10-27-22(18)30-25(31-23)29-20-8-7-16(15-21(20)34-2)32-11-13-35-14-12-32/h3-10,15H,11-14H2,1-2H3,(H,26,33)(H3,27,28,29,30,31). The zero-order valence-corrected chi connectivity index (χ0v) is 19.6. The van der Waals surface area contributed by atoms with Crippen LogP contribution in [0.2, 0.25) is 0 Å². The van der Waals surface area contributed by atoms with Gasteiger partial charge < -0.3 is 35.3 Å². The largest absolute Gasteiger partial charge is 0.494 e. The van der Waals surface area contributed by atoms with Crippen LogP contribution in [-0.4, -0.2) is 61.3 Å². The van der Waals surface area contributed by atoms with E-state index in [1.54, 1.807) is 26.4 Å². The first kappa shape index (κ1) is 22.5. The van der Waals surface area contributed by atoms with Crippen LogP contribution in [0.4, 0.5) is 28.8 Å². The van der Waals surface area contributed by atoms with E-state index in [2.05, 4.69) is 30.8 Å². The highest BCUT2D eigenvalue weighted by molar-refractivity contribution is 6.01. The zero-order chi connectivity index (χ0) is 24.2. The van der Waals surface area contributed by atoms with E-state index in [1.165, 1.54) is 0 Å². The predicted molar refractivity (Wildman–Crippen MR) is 136 cm³/mol. The Morgan fingerprint density at radius 2 is 1.89 bits per heavy atom. The Morgan fingerprint density at radius 1 is 1.06 bits per heavy atom. The molecule has 4 N–H and O–H groups in total. The number of rotatable bonds is 7. The number of fused-ring (bicyclic) bond motifs is 1. The van der Waals surface area contributed by atoms with Crippen molar-refractivity contribution in [2.24, 2.45) is 0 Å². The third-order valence-electron chi connectivity index (χ3n) is 5.88. The second-order valence-corrected chi connectivity index (χ2v) is 7.99. The Bertz CT molecular complexity index is 1350. The average Bonchev–Trinajstić information content (AvgIpc) is 3.38. The SMILES string of the molecule is CNC(=O)c1ccccc1Nc1nc(Nc2ccc(N3CCOCC3)cc2OC)nc2[nH]ccc12. The Morgan fingerprint density at radius 3 is 2.69 bits per heavy atom. The Kier molecular flexibility index (Phi) is 6.36. The second kappa shape index (κ2) is 9.90. The van der Waals surface area contributed by atoms with Crippen molar-refractivity contribution in [3.63, 3.8) is 0 Å². The van der Waals surface area contributed by atoms with Crippen LogP contribution < -0.4 is 25.6 Å². The lowest BCUT2D eigenvalue weighted by Crippen LogP contribution is -2.36. The number of aromatic amines is 1. The highest BCUT2D eigenvalue weighted by Gasteiger charge is 2.16. The number of hydrogen-bond donors (Lipinski definition) is 4. The van der Waals surface area contributed by atoms with Gasteiger partial charge in [0.1, 0.15) is 17.2 Å². The third-order valence-corrected chi connectivity index (χ3v) is 5.88. The molecule has 0 aliphatic carbocycles. The molecule has 0 bridgehead atoms. The summed E-state index contributed by atoms with van der Waals surface area (Å²) in [6, 6.07) is 15.2. The molecule has 1 fully saturated rings. The fourth-order valence-electron chi connectivity index (χ4n) is 4.07.